The van der Waals surface area contributed by atoms with Crippen molar-refractivity contribution in [3.8, 4) is 0 Å². The van der Waals surface area contributed by atoms with E-state index in [1.165, 1.54) is 0 Å². The van der Waals surface area contributed by atoms with Crippen LogP contribution in [-0.2, 0) is 9.63 Å². The first-order chi connectivity index (χ1) is 6.79. The highest BCUT2D eigenvalue weighted by Crippen LogP contribution is 1.94. The van der Waals surface area contributed by atoms with Gasteiger partial charge in [-0.05, 0) is 5.56 Å². The summed E-state index contributed by atoms with van der Waals surface area (Å²) in [6, 6.07) is 9.44. The van der Waals surface area contributed by atoms with E-state index < -0.39 is 5.97 Å². The Labute approximate surface area is 81.8 Å². The maximum atomic E-state index is 10.1. The Balaban J connectivity index is 2.25. The highest BCUT2D eigenvalue weighted by Gasteiger charge is 1.94. The number of carboxylic acids is 1. The third-order valence-corrected chi connectivity index (χ3v) is 1.48. The lowest BCUT2D eigenvalue weighted by Gasteiger charge is -1.94. The van der Waals surface area contributed by atoms with Crippen LogP contribution in [-0.4, -0.2) is 23.9 Å². The molecule has 0 unspecified atom stereocenters. The Kier molecular flexibility index (Phi) is 4.20. The summed E-state index contributed by atoms with van der Waals surface area (Å²) in [6.07, 6.45) is 1.51. The van der Waals surface area contributed by atoms with Gasteiger partial charge in [0.15, 0.2) is 0 Å². The molecule has 0 heterocycles. The van der Waals surface area contributed by atoms with Gasteiger partial charge in [0.1, 0.15) is 6.61 Å². The van der Waals surface area contributed by atoms with Crippen LogP contribution in [0.5, 0.6) is 0 Å². The fourth-order valence-corrected chi connectivity index (χ4v) is 0.823. The number of nitrogens with zero attached hydrogens (tertiary/aromatic N) is 1. The minimum atomic E-state index is -0.889. The van der Waals surface area contributed by atoms with Gasteiger partial charge < -0.3 is 9.94 Å². The summed E-state index contributed by atoms with van der Waals surface area (Å²) < 4.78 is 0. The van der Waals surface area contributed by atoms with E-state index in [4.69, 9.17) is 9.94 Å². The summed E-state index contributed by atoms with van der Waals surface area (Å²) in [5.41, 5.74) is 0.919. The molecule has 0 amide bonds. The van der Waals surface area contributed by atoms with E-state index in [9.17, 15) is 4.79 Å². The number of carbonyl (C=O) groups is 1. The normalized spacial score (nSPS) is 10.3. The molecule has 0 aliphatic carbocycles. The van der Waals surface area contributed by atoms with Crippen molar-refractivity contribution in [2.75, 3.05) is 6.61 Å². The van der Waals surface area contributed by atoms with Crippen LogP contribution in [0.3, 0.4) is 0 Å². The highest BCUT2D eigenvalue weighted by molar-refractivity contribution is 5.78. The van der Waals surface area contributed by atoms with Crippen LogP contribution in [0, 0.1) is 0 Å². The van der Waals surface area contributed by atoms with E-state index in [1.807, 2.05) is 30.3 Å². The molecule has 0 bridgehead atoms. The van der Waals surface area contributed by atoms with E-state index in [0.717, 1.165) is 5.56 Å². The second-order valence-electron chi connectivity index (χ2n) is 2.62. The molecule has 4 heteroatoms. The number of benzene rings is 1. The van der Waals surface area contributed by atoms with Gasteiger partial charge in [-0.25, -0.2) is 0 Å². The van der Waals surface area contributed by atoms with Crippen LogP contribution >= 0.6 is 0 Å². The van der Waals surface area contributed by atoms with Crippen molar-refractivity contribution < 1.29 is 14.7 Å². The maximum Gasteiger partial charge on any atom is 0.306 e. The van der Waals surface area contributed by atoms with Crippen molar-refractivity contribution in [1.82, 2.24) is 0 Å². The Morgan fingerprint density at radius 1 is 1.43 bits per heavy atom. The van der Waals surface area contributed by atoms with Gasteiger partial charge in [0.05, 0.1) is 12.6 Å². The molecular formula is C10H11NO3. The Morgan fingerprint density at radius 2 is 2.14 bits per heavy atom. The largest absolute Gasteiger partial charge is 0.481 e. The second kappa shape index (κ2) is 5.75. The van der Waals surface area contributed by atoms with Gasteiger partial charge >= 0.3 is 5.97 Å². The van der Waals surface area contributed by atoms with Crippen molar-refractivity contribution in [3.63, 3.8) is 0 Å². The van der Waals surface area contributed by atoms with E-state index in [0.29, 0.717) is 0 Å². The molecule has 1 aromatic carbocycles. The molecule has 1 rings (SSSR count). The van der Waals surface area contributed by atoms with Crippen LogP contribution in [0.4, 0.5) is 0 Å². The molecule has 0 fully saturated rings. The number of hydrogen-bond acceptors (Lipinski definition) is 3. The molecule has 74 valence electrons. The monoisotopic (exact) mass is 193 g/mol. The summed E-state index contributed by atoms with van der Waals surface area (Å²) in [5, 5.41) is 11.9. The number of carboxylic acid groups (broad SMARTS) is 1. The standard InChI is InChI=1S/C10H11NO3/c12-10(13)6-7-14-11-8-9-4-2-1-3-5-9/h1-5,8H,6-7H2,(H,12,13)/b11-8-. The molecule has 0 aromatic heterocycles. The molecule has 1 N–H and O–H groups in total. The first kappa shape index (κ1) is 10.2. The predicted molar refractivity (Wildman–Crippen MR) is 52.2 cm³/mol. The zero-order valence-electron chi connectivity index (χ0n) is 7.59. The minimum Gasteiger partial charge on any atom is -0.481 e. The van der Waals surface area contributed by atoms with Gasteiger partial charge in [0.2, 0.25) is 0 Å². The third-order valence-electron chi connectivity index (χ3n) is 1.48. The number of aliphatic carboxylic acids is 1. The maximum absolute atomic E-state index is 10.1. The highest BCUT2D eigenvalue weighted by atomic mass is 16.6. The van der Waals surface area contributed by atoms with Gasteiger partial charge in [-0.2, -0.15) is 0 Å². The molecule has 14 heavy (non-hydrogen) atoms. The van der Waals surface area contributed by atoms with E-state index in [2.05, 4.69) is 5.16 Å². The van der Waals surface area contributed by atoms with Crippen molar-refractivity contribution in [2.45, 2.75) is 6.42 Å². The first-order valence-corrected chi connectivity index (χ1v) is 4.21. The quantitative estimate of drug-likeness (QED) is 0.438. The first-order valence-electron chi connectivity index (χ1n) is 4.21. The molecule has 0 atom stereocenters. The minimum absolute atomic E-state index is 0.0356. The summed E-state index contributed by atoms with van der Waals surface area (Å²) in [7, 11) is 0. The van der Waals surface area contributed by atoms with E-state index in [1.54, 1.807) is 6.21 Å². The van der Waals surface area contributed by atoms with Gasteiger partial charge in [0, 0.05) is 0 Å². The number of rotatable bonds is 5. The average Bonchev–Trinajstić information content (AvgIpc) is 2.18. The Hall–Kier alpha value is -1.84. The lowest BCUT2D eigenvalue weighted by atomic mass is 10.2. The lowest BCUT2D eigenvalue weighted by Crippen LogP contribution is -1.99. The predicted octanol–water partition coefficient (Wildman–Crippen LogP) is 1.51. The number of hydrogen-bond donors (Lipinski definition) is 1. The molecule has 0 radical (unpaired) electrons. The van der Waals surface area contributed by atoms with Gasteiger partial charge in [-0.3, -0.25) is 4.79 Å². The lowest BCUT2D eigenvalue weighted by molar-refractivity contribution is -0.138. The molecule has 0 saturated heterocycles. The zero-order chi connectivity index (χ0) is 10.2. The fraction of sp³-hybridized carbons (Fsp3) is 0.200. The molecule has 4 nitrogen and oxygen atoms in total. The Morgan fingerprint density at radius 3 is 2.79 bits per heavy atom. The molecule has 1 aromatic rings. The van der Waals surface area contributed by atoms with Crippen molar-refractivity contribution in [1.29, 1.82) is 0 Å². The van der Waals surface area contributed by atoms with Crippen LogP contribution in [0.2, 0.25) is 0 Å². The van der Waals surface area contributed by atoms with Crippen molar-refractivity contribution in [2.24, 2.45) is 5.16 Å². The summed E-state index contributed by atoms with van der Waals surface area (Å²) in [5.74, 6) is -0.889. The van der Waals surface area contributed by atoms with Gasteiger partial charge in [-0.1, -0.05) is 35.5 Å². The van der Waals surface area contributed by atoms with E-state index in [-0.39, 0.29) is 13.0 Å². The topological polar surface area (TPSA) is 58.9 Å². The summed E-state index contributed by atoms with van der Waals surface area (Å²) >= 11 is 0. The number of oxime groups is 1. The van der Waals surface area contributed by atoms with Crippen LogP contribution < -0.4 is 0 Å². The van der Waals surface area contributed by atoms with Crippen LogP contribution in [0.25, 0.3) is 0 Å². The van der Waals surface area contributed by atoms with Crippen molar-refractivity contribution in [3.05, 3.63) is 35.9 Å². The molecule has 0 spiro atoms. The summed E-state index contributed by atoms with van der Waals surface area (Å²) in [4.78, 5) is 14.8. The van der Waals surface area contributed by atoms with Gasteiger partial charge in [0.25, 0.3) is 0 Å². The SMILES string of the molecule is O=C(O)CCO/N=C\c1ccccc1. The zero-order valence-corrected chi connectivity index (χ0v) is 7.59. The fourth-order valence-electron chi connectivity index (χ4n) is 0.823. The Bertz CT molecular complexity index is 308. The molecular weight excluding hydrogens is 182 g/mol. The summed E-state index contributed by atoms with van der Waals surface area (Å²) in [6.45, 7) is 0.0959. The van der Waals surface area contributed by atoms with Crippen molar-refractivity contribution >= 4 is 12.2 Å². The third kappa shape index (κ3) is 4.25. The molecule has 0 saturated carbocycles. The van der Waals surface area contributed by atoms with E-state index >= 15 is 0 Å². The van der Waals surface area contributed by atoms with Gasteiger partial charge in [-0.15, -0.1) is 0 Å². The smallest absolute Gasteiger partial charge is 0.306 e. The van der Waals surface area contributed by atoms with Crippen LogP contribution in [0.1, 0.15) is 12.0 Å². The average molecular weight is 193 g/mol. The molecule has 0 aliphatic heterocycles. The second-order valence-corrected chi connectivity index (χ2v) is 2.62. The molecule has 0 aliphatic rings. The van der Waals surface area contributed by atoms with Crippen LogP contribution in [0.15, 0.2) is 35.5 Å².